The maximum Gasteiger partial charge on any atom is 0.248 e. The maximum atomic E-state index is 11.9. The molecule has 2 amide bonds. The molecular formula is C14H21N3O2. The Balaban J connectivity index is 2.72. The number of primary amides is 1. The van der Waals surface area contributed by atoms with Gasteiger partial charge in [-0.1, -0.05) is 19.8 Å². The first-order chi connectivity index (χ1) is 8.95. The summed E-state index contributed by atoms with van der Waals surface area (Å²) in [7, 11) is 0. The smallest absolute Gasteiger partial charge is 0.248 e. The normalized spacial score (nSPS) is 11.9. The first-order valence-electron chi connectivity index (χ1n) is 6.42. The van der Waals surface area contributed by atoms with Gasteiger partial charge in [-0.15, -0.1) is 0 Å². The van der Waals surface area contributed by atoms with Crippen LogP contribution in [-0.4, -0.2) is 17.9 Å². The molecule has 1 aromatic rings. The van der Waals surface area contributed by atoms with Crippen molar-refractivity contribution in [2.24, 2.45) is 11.5 Å². The van der Waals surface area contributed by atoms with Gasteiger partial charge in [0.1, 0.15) is 0 Å². The highest BCUT2D eigenvalue weighted by molar-refractivity contribution is 5.97. The van der Waals surface area contributed by atoms with E-state index in [1.165, 1.54) is 0 Å². The monoisotopic (exact) mass is 263 g/mol. The van der Waals surface area contributed by atoms with Crippen LogP contribution >= 0.6 is 0 Å². The molecule has 1 atom stereocenters. The Morgan fingerprint density at radius 2 is 2.05 bits per heavy atom. The van der Waals surface area contributed by atoms with Crippen molar-refractivity contribution in [1.82, 2.24) is 0 Å². The molecular weight excluding hydrogens is 242 g/mol. The third-order valence-electron chi connectivity index (χ3n) is 2.97. The van der Waals surface area contributed by atoms with Crippen LogP contribution in [0.5, 0.6) is 0 Å². The molecule has 0 aromatic heterocycles. The van der Waals surface area contributed by atoms with Crippen molar-refractivity contribution >= 4 is 17.5 Å². The maximum absolute atomic E-state index is 11.9. The first kappa shape index (κ1) is 15.2. The number of carbonyl (C=O) groups excluding carboxylic acids is 2. The predicted octanol–water partition coefficient (Wildman–Crippen LogP) is 1.55. The van der Waals surface area contributed by atoms with E-state index in [0.29, 0.717) is 17.7 Å². The van der Waals surface area contributed by atoms with E-state index in [1.807, 2.05) is 0 Å². The van der Waals surface area contributed by atoms with Crippen LogP contribution in [0.3, 0.4) is 0 Å². The Kier molecular flexibility index (Phi) is 5.51. The van der Waals surface area contributed by atoms with Gasteiger partial charge in [0.2, 0.25) is 11.8 Å². The molecule has 0 bridgehead atoms. The largest absolute Gasteiger partial charge is 0.366 e. The van der Waals surface area contributed by atoms with Crippen molar-refractivity contribution in [3.8, 4) is 0 Å². The fourth-order valence-corrected chi connectivity index (χ4v) is 1.74. The fourth-order valence-electron chi connectivity index (χ4n) is 1.74. The first-order valence-corrected chi connectivity index (χ1v) is 6.42. The summed E-state index contributed by atoms with van der Waals surface area (Å²) in [5.41, 5.74) is 12.8. The number of nitrogens with two attached hydrogens (primary N) is 2. The molecule has 0 radical (unpaired) electrons. The molecule has 0 saturated heterocycles. The minimum atomic E-state index is -0.504. The minimum Gasteiger partial charge on any atom is -0.366 e. The van der Waals surface area contributed by atoms with E-state index < -0.39 is 11.9 Å². The quantitative estimate of drug-likeness (QED) is 0.726. The van der Waals surface area contributed by atoms with Gasteiger partial charge in [-0.05, 0) is 37.1 Å². The second-order valence-corrected chi connectivity index (χ2v) is 4.63. The highest BCUT2D eigenvalue weighted by Gasteiger charge is 2.14. The molecule has 5 N–H and O–H groups in total. The highest BCUT2D eigenvalue weighted by Crippen LogP contribution is 2.16. The number of hydrogen-bond donors (Lipinski definition) is 3. The Hall–Kier alpha value is -1.88. The second kappa shape index (κ2) is 6.89. The summed E-state index contributed by atoms with van der Waals surface area (Å²) in [5.74, 6) is -0.691. The summed E-state index contributed by atoms with van der Waals surface area (Å²) in [6.07, 6.45) is 2.60. The average molecular weight is 263 g/mol. The van der Waals surface area contributed by atoms with Crippen LogP contribution < -0.4 is 16.8 Å². The lowest BCUT2D eigenvalue weighted by atomic mass is 10.1. The van der Waals surface area contributed by atoms with E-state index in [0.717, 1.165) is 18.4 Å². The van der Waals surface area contributed by atoms with Gasteiger partial charge in [-0.2, -0.15) is 0 Å². The van der Waals surface area contributed by atoms with E-state index in [4.69, 9.17) is 11.5 Å². The Labute approximate surface area is 113 Å². The standard InChI is InChI=1S/C14H21N3O2/c1-3-4-5-11(15)14(19)17-12-7-6-10(13(16)18)8-9(12)2/h6-8,11H,3-5,15H2,1-2H3,(H2,16,18)(H,17,19)/t11-/m0/s1. The van der Waals surface area contributed by atoms with Crippen LogP contribution in [0, 0.1) is 6.92 Å². The molecule has 0 aliphatic heterocycles. The Morgan fingerprint density at radius 3 is 2.58 bits per heavy atom. The van der Waals surface area contributed by atoms with Gasteiger partial charge in [-0.25, -0.2) is 0 Å². The third kappa shape index (κ3) is 4.37. The molecule has 0 aliphatic carbocycles. The van der Waals surface area contributed by atoms with Crippen molar-refractivity contribution in [3.63, 3.8) is 0 Å². The Bertz CT molecular complexity index is 472. The van der Waals surface area contributed by atoms with Gasteiger partial charge >= 0.3 is 0 Å². The molecule has 0 saturated carbocycles. The summed E-state index contributed by atoms with van der Waals surface area (Å²) in [4.78, 5) is 22.9. The SMILES string of the molecule is CCCC[C@H](N)C(=O)Nc1ccc(C(N)=O)cc1C. The zero-order valence-electron chi connectivity index (χ0n) is 11.4. The van der Waals surface area contributed by atoms with Gasteiger partial charge in [-0.3, -0.25) is 9.59 Å². The zero-order valence-corrected chi connectivity index (χ0v) is 11.4. The zero-order chi connectivity index (χ0) is 14.4. The lowest BCUT2D eigenvalue weighted by Gasteiger charge is -2.13. The molecule has 1 aromatic carbocycles. The van der Waals surface area contributed by atoms with E-state index >= 15 is 0 Å². The predicted molar refractivity (Wildman–Crippen MR) is 75.8 cm³/mol. The van der Waals surface area contributed by atoms with Crippen LogP contribution in [-0.2, 0) is 4.79 Å². The van der Waals surface area contributed by atoms with Crippen LogP contribution in [0.4, 0.5) is 5.69 Å². The number of benzene rings is 1. The lowest BCUT2D eigenvalue weighted by Crippen LogP contribution is -2.35. The van der Waals surface area contributed by atoms with Gasteiger partial charge in [0.25, 0.3) is 0 Å². The second-order valence-electron chi connectivity index (χ2n) is 4.63. The summed E-state index contributed by atoms with van der Waals surface area (Å²) >= 11 is 0. The number of carbonyl (C=O) groups is 2. The molecule has 5 nitrogen and oxygen atoms in total. The van der Waals surface area contributed by atoms with E-state index in [2.05, 4.69) is 12.2 Å². The molecule has 0 heterocycles. The van der Waals surface area contributed by atoms with Crippen molar-refractivity contribution in [2.75, 3.05) is 5.32 Å². The van der Waals surface area contributed by atoms with Crippen molar-refractivity contribution in [3.05, 3.63) is 29.3 Å². The van der Waals surface area contributed by atoms with Crippen molar-refractivity contribution in [2.45, 2.75) is 39.2 Å². The van der Waals surface area contributed by atoms with Gasteiger partial charge in [0.15, 0.2) is 0 Å². The summed E-state index contributed by atoms with van der Waals surface area (Å²) < 4.78 is 0. The van der Waals surface area contributed by atoms with E-state index in [1.54, 1.807) is 25.1 Å². The molecule has 0 fully saturated rings. The van der Waals surface area contributed by atoms with Crippen molar-refractivity contribution < 1.29 is 9.59 Å². The number of unbranched alkanes of at least 4 members (excludes halogenated alkanes) is 1. The number of rotatable bonds is 6. The number of hydrogen-bond acceptors (Lipinski definition) is 3. The lowest BCUT2D eigenvalue weighted by molar-refractivity contribution is -0.117. The highest BCUT2D eigenvalue weighted by atomic mass is 16.2. The summed E-state index contributed by atoms with van der Waals surface area (Å²) in [5, 5.41) is 2.77. The van der Waals surface area contributed by atoms with Gasteiger partial charge in [0.05, 0.1) is 6.04 Å². The molecule has 0 spiro atoms. The molecule has 1 rings (SSSR count). The molecule has 104 valence electrons. The molecule has 0 unspecified atom stereocenters. The number of anilines is 1. The van der Waals surface area contributed by atoms with E-state index in [9.17, 15) is 9.59 Å². The number of aryl methyl sites for hydroxylation is 1. The molecule has 0 aliphatic rings. The van der Waals surface area contributed by atoms with Crippen LogP contribution in [0.15, 0.2) is 18.2 Å². The number of amides is 2. The van der Waals surface area contributed by atoms with Gasteiger partial charge in [0, 0.05) is 11.3 Å². The molecule has 5 heteroatoms. The third-order valence-corrected chi connectivity index (χ3v) is 2.97. The minimum absolute atomic E-state index is 0.205. The van der Waals surface area contributed by atoms with Crippen molar-refractivity contribution in [1.29, 1.82) is 0 Å². The number of nitrogens with one attached hydrogen (secondary N) is 1. The fraction of sp³-hybridized carbons (Fsp3) is 0.429. The van der Waals surface area contributed by atoms with Gasteiger partial charge < -0.3 is 16.8 Å². The van der Waals surface area contributed by atoms with Crippen LogP contribution in [0.25, 0.3) is 0 Å². The molecule has 19 heavy (non-hydrogen) atoms. The topological polar surface area (TPSA) is 98.2 Å². The van der Waals surface area contributed by atoms with Crippen LogP contribution in [0.2, 0.25) is 0 Å². The average Bonchev–Trinajstić information content (AvgIpc) is 2.37. The Morgan fingerprint density at radius 1 is 1.37 bits per heavy atom. The van der Waals surface area contributed by atoms with E-state index in [-0.39, 0.29) is 5.91 Å². The summed E-state index contributed by atoms with van der Waals surface area (Å²) in [6.45, 7) is 3.86. The van der Waals surface area contributed by atoms with Crippen LogP contribution in [0.1, 0.15) is 42.1 Å². The summed E-state index contributed by atoms with van der Waals surface area (Å²) in [6, 6.07) is 4.40.